The quantitative estimate of drug-likeness (QED) is 0.194. The summed E-state index contributed by atoms with van der Waals surface area (Å²) in [4.78, 5) is 29.6. The molecule has 0 radical (unpaired) electrons. The third-order valence-corrected chi connectivity index (χ3v) is 6.72. The predicted octanol–water partition coefficient (Wildman–Crippen LogP) is 6.70. The van der Waals surface area contributed by atoms with Crippen molar-refractivity contribution in [2.75, 3.05) is 0 Å². The zero-order valence-corrected chi connectivity index (χ0v) is 23.3. The van der Waals surface area contributed by atoms with Crippen molar-refractivity contribution < 1.29 is 14.3 Å². The Bertz CT molecular complexity index is 1270. The predicted molar refractivity (Wildman–Crippen MR) is 159 cm³/mol. The van der Waals surface area contributed by atoms with Crippen molar-refractivity contribution in [3.8, 4) is 0 Å². The summed E-state index contributed by atoms with van der Waals surface area (Å²) >= 11 is 0. The number of esters is 1. The van der Waals surface area contributed by atoms with Gasteiger partial charge in [-0.3, -0.25) is 9.69 Å². The van der Waals surface area contributed by atoms with E-state index >= 15 is 0 Å². The Labute approximate surface area is 237 Å². The van der Waals surface area contributed by atoms with Crippen LogP contribution in [0.5, 0.6) is 0 Å². The van der Waals surface area contributed by atoms with E-state index in [0.717, 1.165) is 22.3 Å². The van der Waals surface area contributed by atoms with E-state index in [1.54, 1.807) is 0 Å². The molecule has 0 bridgehead atoms. The van der Waals surface area contributed by atoms with Crippen molar-refractivity contribution in [3.63, 3.8) is 0 Å². The second kappa shape index (κ2) is 14.8. The van der Waals surface area contributed by atoms with Crippen molar-refractivity contribution in [1.29, 1.82) is 0 Å². The third-order valence-electron chi connectivity index (χ3n) is 6.72. The van der Waals surface area contributed by atoms with Crippen LogP contribution in [0.4, 0.5) is 0 Å². The second-order valence-corrected chi connectivity index (χ2v) is 10.5. The van der Waals surface area contributed by atoms with E-state index in [-0.39, 0.29) is 18.4 Å². The van der Waals surface area contributed by atoms with E-state index in [0.29, 0.717) is 19.5 Å². The highest BCUT2D eigenvalue weighted by atomic mass is 16.5. The highest BCUT2D eigenvalue weighted by molar-refractivity contribution is 5.88. The minimum absolute atomic E-state index is 0.167. The van der Waals surface area contributed by atoms with Crippen LogP contribution in [0.2, 0.25) is 0 Å². The fraction of sp³-hybridized carbons (Fsp3) is 0.257. The van der Waals surface area contributed by atoms with Gasteiger partial charge in [-0.05, 0) is 34.6 Å². The maximum atomic E-state index is 14.2. The van der Waals surface area contributed by atoms with Gasteiger partial charge in [-0.2, -0.15) is 0 Å². The lowest BCUT2D eigenvalue weighted by Gasteiger charge is -2.33. The summed E-state index contributed by atoms with van der Waals surface area (Å²) in [6, 6.07) is 38.3. The fourth-order valence-corrected chi connectivity index (χ4v) is 4.80. The number of carbonyl (C=O) groups excluding carboxylic acids is 2. The standard InChI is InChI=1S/C35H38N2O3/c1-27(2)23-32(35(39)40-26-30-19-11-5-12-20-30)36-34(38)33(31-21-13-6-14-22-31)37(24-28-15-7-3-8-16-28)25-29-17-9-4-10-18-29/h3-22,27,32-33H,23-26H2,1-2H3,(H,36,38)/t32-,33+/m0/s1. The van der Waals surface area contributed by atoms with E-state index in [1.807, 2.05) is 111 Å². The van der Waals surface area contributed by atoms with Gasteiger partial charge < -0.3 is 10.1 Å². The molecule has 40 heavy (non-hydrogen) atoms. The number of hydrogen-bond donors (Lipinski definition) is 1. The highest BCUT2D eigenvalue weighted by Gasteiger charge is 2.32. The van der Waals surface area contributed by atoms with Crippen LogP contribution in [-0.2, 0) is 34.0 Å². The number of benzene rings is 4. The molecule has 4 rings (SSSR count). The molecule has 5 nitrogen and oxygen atoms in total. The van der Waals surface area contributed by atoms with Crippen LogP contribution >= 0.6 is 0 Å². The fourth-order valence-electron chi connectivity index (χ4n) is 4.80. The van der Waals surface area contributed by atoms with E-state index < -0.39 is 18.1 Å². The molecule has 0 unspecified atom stereocenters. The second-order valence-electron chi connectivity index (χ2n) is 10.5. The van der Waals surface area contributed by atoms with Crippen LogP contribution in [-0.4, -0.2) is 22.8 Å². The van der Waals surface area contributed by atoms with Crippen molar-refractivity contribution in [1.82, 2.24) is 10.2 Å². The number of carbonyl (C=O) groups is 2. The van der Waals surface area contributed by atoms with Gasteiger partial charge >= 0.3 is 5.97 Å². The van der Waals surface area contributed by atoms with E-state index in [9.17, 15) is 9.59 Å². The molecule has 0 fully saturated rings. The molecule has 0 saturated carbocycles. The Morgan fingerprint density at radius 1 is 0.675 bits per heavy atom. The van der Waals surface area contributed by atoms with Crippen LogP contribution in [0.1, 0.15) is 48.6 Å². The molecule has 1 amide bonds. The molecule has 5 heteroatoms. The van der Waals surface area contributed by atoms with Gasteiger partial charge in [0.1, 0.15) is 18.7 Å². The number of rotatable bonds is 13. The van der Waals surface area contributed by atoms with Crippen molar-refractivity contribution in [2.45, 2.75) is 52.0 Å². The highest BCUT2D eigenvalue weighted by Crippen LogP contribution is 2.26. The molecule has 206 valence electrons. The molecule has 0 saturated heterocycles. The number of nitrogens with zero attached hydrogens (tertiary/aromatic N) is 1. The van der Waals surface area contributed by atoms with E-state index in [1.165, 1.54) is 0 Å². The molecule has 2 atom stereocenters. The van der Waals surface area contributed by atoms with Gasteiger partial charge in [0, 0.05) is 13.1 Å². The Hall–Kier alpha value is -4.22. The van der Waals surface area contributed by atoms with Gasteiger partial charge in [0.15, 0.2) is 0 Å². The molecule has 0 aliphatic carbocycles. The summed E-state index contributed by atoms with van der Waals surface area (Å²) in [5.41, 5.74) is 3.98. The maximum absolute atomic E-state index is 14.2. The molecule has 0 aliphatic heterocycles. The van der Waals surface area contributed by atoms with E-state index in [2.05, 4.69) is 34.5 Å². The first kappa shape index (κ1) is 28.8. The molecular weight excluding hydrogens is 496 g/mol. The first-order valence-electron chi connectivity index (χ1n) is 13.9. The van der Waals surface area contributed by atoms with Gasteiger partial charge in [-0.15, -0.1) is 0 Å². The van der Waals surface area contributed by atoms with Crippen LogP contribution in [0, 0.1) is 5.92 Å². The zero-order chi connectivity index (χ0) is 28.2. The number of ether oxygens (including phenoxy) is 1. The lowest BCUT2D eigenvalue weighted by molar-refractivity contribution is -0.150. The Morgan fingerprint density at radius 3 is 1.60 bits per heavy atom. The Balaban J connectivity index is 1.61. The van der Waals surface area contributed by atoms with Crippen LogP contribution in [0.25, 0.3) is 0 Å². The number of hydrogen-bond acceptors (Lipinski definition) is 4. The average Bonchev–Trinajstić information content (AvgIpc) is 2.97. The van der Waals surface area contributed by atoms with Crippen molar-refractivity contribution in [2.24, 2.45) is 5.92 Å². The van der Waals surface area contributed by atoms with Crippen LogP contribution in [0.3, 0.4) is 0 Å². The minimum Gasteiger partial charge on any atom is -0.459 e. The molecule has 1 N–H and O–H groups in total. The molecule has 0 heterocycles. The summed E-state index contributed by atoms with van der Waals surface area (Å²) in [7, 11) is 0. The largest absolute Gasteiger partial charge is 0.459 e. The molecule has 0 aliphatic rings. The Kier molecular flexibility index (Phi) is 10.6. The van der Waals surface area contributed by atoms with Gasteiger partial charge in [-0.25, -0.2) is 4.79 Å². The summed E-state index contributed by atoms with van der Waals surface area (Å²) in [5, 5.41) is 3.08. The lowest BCUT2D eigenvalue weighted by Crippen LogP contribution is -2.48. The first-order valence-corrected chi connectivity index (χ1v) is 13.9. The van der Waals surface area contributed by atoms with Gasteiger partial charge in [0.25, 0.3) is 0 Å². The molecule has 4 aromatic rings. The minimum atomic E-state index is -0.752. The van der Waals surface area contributed by atoms with Gasteiger partial charge in [0.2, 0.25) is 5.91 Å². The summed E-state index contributed by atoms with van der Waals surface area (Å²) < 4.78 is 5.66. The average molecular weight is 535 g/mol. The SMILES string of the molecule is CC(C)C[C@H](NC(=O)[C@@H](c1ccccc1)N(Cc1ccccc1)Cc1ccccc1)C(=O)OCc1ccccc1. The van der Waals surface area contributed by atoms with Crippen molar-refractivity contribution in [3.05, 3.63) is 144 Å². The molecular formula is C35H38N2O3. The molecule has 4 aromatic carbocycles. The number of amides is 1. The van der Waals surface area contributed by atoms with Crippen LogP contribution in [0.15, 0.2) is 121 Å². The van der Waals surface area contributed by atoms with Crippen LogP contribution < -0.4 is 5.32 Å². The smallest absolute Gasteiger partial charge is 0.328 e. The van der Waals surface area contributed by atoms with Gasteiger partial charge in [0.05, 0.1) is 0 Å². The molecule has 0 spiro atoms. The van der Waals surface area contributed by atoms with Gasteiger partial charge in [-0.1, -0.05) is 135 Å². The van der Waals surface area contributed by atoms with E-state index in [4.69, 9.17) is 4.74 Å². The van der Waals surface area contributed by atoms with Crippen molar-refractivity contribution >= 4 is 11.9 Å². The maximum Gasteiger partial charge on any atom is 0.328 e. The lowest BCUT2D eigenvalue weighted by atomic mass is 9.99. The number of nitrogens with one attached hydrogen (secondary N) is 1. The third kappa shape index (κ3) is 8.65. The first-order chi connectivity index (χ1) is 19.5. The normalized spacial score (nSPS) is 12.6. The summed E-state index contributed by atoms with van der Waals surface area (Å²) in [6.07, 6.45) is 0.484. The molecule has 0 aromatic heterocycles. The zero-order valence-electron chi connectivity index (χ0n) is 23.3. The topological polar surface area (TPSA) is 58.6 Å². The Morgan fingerprint density at radius 2 is 1.12 bits per heavy atom. The summed E-state index contributed by atoms with van der Waals surface area (Å²) in [5.74, 6) is -0.453. The monoisotopic (exact) mass is 534 g/mol. The summed E-state index contributed by atoms with van der Waals surface area (Å²) in [6.45, 7) is 5.37.